The van der Waals surface area contributed by atoms with Crippen molar-refractivity contribution in [1.82, 2.24) is 24.9 Å². The standard InChI is InChI=1S/C23H27N7OS.C4H10.FH.2H2/c1-15-27-28-23-22(25-10-4-3-9-24-16(2)31)26-19-13-18(5-6-20(19)30(15)23)29-11-7-21-17(14-29)8-12-32-21;1-4(2)3;;;/h5-6,8,12-13H,3-4,7,9-11,14H2,1-2H3,(H,24,31)(H,25,26);4H,1-3H3;3*1H. The molecular weight excluding hydrogens is 489 g/mol. The molecule has 8 nitrogen and oxygen atoms in total. The maximum absolute atomic E-state index is 11.0. The van der Waals surface area contributed by atoms with Crippen LogP contribution in [0, 0.1) is 12.8 Å². The molecule has 1 aliphatic heterocycles. The molecular formula is C27H42FN7OS. The van der Waals surface area contributed by atoms with Gasteiger partial charge in [-0.3, -0.25) is 13.9 Å². The van der Waals surface area contributed by atoms with Crippen molar-refractivity contribution < 1.29 is 12.4 Å². The van der Waals surface area contributed by atoms with Crippen LogP contribution in [0.3, 0.4) is 0 Å². The Morgan fingerprint density at radius 3 is 2.68 bits per heavy atom. The first-order valence-electron chi connectivity index (χ1n) is 12.8. The van der Waals surface area contributed by atoms with Crippen molar-refractivity contribution in [3.8, 4) is 0 Å². The molecule has 0 radical (unpaired) electrons. The summed E-state index contributed by atoms with van der Waals surface area (Å²) in [5.41, 5.74) is 5.30. The summed E-state index contributed by atoms with van der Waals surface area (Å²) in [5, 5.41) is 17.1. The number of amides is 1. The zero-order chi connectivity index (χ0) is 25.7. The molecule has 2 N–H and O–H groups in total. The lowest BCUT2D eigenvalue weighted by molar-refractivity contribution is -0.118. The summed E-state index contributed by atoms with van der Waals surface area (Å²) < 4.78 is 2.07. The SMILES string of the molecule is CC(=O)NCCCCNc1nc2cc(N3CCc4sccc4C3)ccc2n2c(C)nnc12.CC(C)C.F.[HH].[HH]. The van der Waals surface area contributed by atoms with E-state index >= 15 is 0 Å². The molecule has 1 aromatic carbocycles. The minimum absolute atomic E-state index is 0. The number of carbonyl (C=O) groups excluding carboxylic acids is 1. The summed E-state index contributed by atoms with van der Waals surface area (Å²) in [6.45, 7) is 13.4. The van der Waals surface area contributed by atoms with Gasteiger partial charge in [0, 0.05) is 46.5 Å². The summed E-state index contributed by atoms with van der Waals surface area (Å²) in [5.74, 6) is 2.43. The first kappa shape index (κ1) is 28.3. The van der Waals surface area contributed by atoms with E-state index in [9.17, 15) is 4.79 Å². The summed E-state index contributed by atoms with van der Waals surface area (Å²) >= 11 is 1.86. The molecule has 0 unspecified atom stereocenters. The number of unbranched alkanes of at least 4 members (excludes halogenated alkanes) is 1. The minimum Gasteiger partial charge on any atom is -0.367 e. The van der Waals surface area contributed by atoms with Gasteiger partial charge < -0.3 is 15.5 Å². The van der Waals surface area contributed by atoms with Crippen LogP contribution in [0.1, 0.15) is 59.7 Å². The molecule has 0 saturated carbocycles. The van der Waals surface area contributed by atoms with Gasteiger partial charge in [0.15, 0.2) is 5.82 Å². The molecule has 1 aliphatic rings. The fraction of sp³-hybridized carbons (Fsp3) is 0.481. The van der Waals surface area contributed by atoms with Crippen LogP contribution >= 0.6 is 11.3 Å². The number of anilines is 2. The molecule has 0 aliphatic carbocycles. The van der Waals surface area contributed by atoms with Crippen molar-refractivity contribution in [2.24, 2.45) is 5.92 Å². The molecule has 10 heteroatoms. The summed E-state index contributed by atoms with van der Waals surface area (Å²) in [7, 11) is 0. The number of hydrogen-bond donors (Lipinski definition) is 2. The van der Waals surface area contributed by atoms with Gasteiger partial charge >= 0.3 is 0 Å². The second-order valence-corrected chi connectivity index (χ2v) is 10.9. The van der Waals surface area contributed by atoms with E-state index < -0.39 is 0 Å². The maximum Gasteiger partial charge on any atom is 0.216 e. The van der Waals surface area contributed by atoms with Gasteiger partial charge in [0.1, 0.15) is 5.82 Å². The summed E-state index contributed by atoms with van der Waals surface area (Å²) in [6, 6.07) is 8.72. The van der Waals surface area contributed by atoms with Crippen molar-refractivity contribution in [2.45, 2.75) is 60.4 Å². The Morgan fingerprint density at radius 1 is 1.16 bits per heavy atom. The highest BCUT2D eigenvalue weighted by molar-refractivity contribution is 7.10. The van der Waals surface area contributed by atoms with Crippen LogP contribution in [0.25, 0.3) is 16.7 Å². The fourth-order valence-corrected chi connectivity index (χ4v) is 5.16. The molecule has 4 heterocycles. The highest BCUT2D eigenvalue weighted by atomic mass is 32.1. The molecule has 3 aromatic heterocycles. The Labute approximate surface area is 224 Å². The number of halogens is 1. The van der Waals surface area contributed by atoms with Crippen LogP contribution in [0.15, 0.2) is 29.6 Å². The van der Waals surface area contributed by atoms with Crippen LogP contribution in [0.2, 0.25) is 0 Å². The van der Waals surface area contributed by atoms with E-state index in [4.69, 9.17) is 4.98 Å². The number of carbonyl (C=O) groups is 1. The number of benzene rings is 1. The highest BCUT2D eigenvalue weighted by Crippen LogP contribution is 2.30. The second-order valence-electron chi connectivity index (χ2n) is 9.93. The quantitative estimate of drug-likeness (QED) is 0.291. The molecule has 204 valence electrons. The largest absolute Gasteiger partial charge is 0.367 e. The molecule has 0 fully saturated rings. The van der Waals surface area contributed by atoms with E-state index in [0.717, 1.165) is 73.1 Å². The van der Waals surface area contributed by atoms with Crippen LogP contribution in [-0.2, 0) is 17.8 Å². The number of rotatable bonds is 7. The lowest BCUT2D eigenvalue weighted by atomic mass is 10.1. The lowest BCUT2D eigenvalue weighted by Crippen LogP contribution is -2.29. The minimum atomic E-state index is 0. The second kappa shape index (κ2) is 12.8. The van der Waals surface area contributed by atoms with Gasteiger partial charge in [0.05, 0.1) is 11.0 Å². The predicted octanol–water partition coefficient (Wildman–Crippen LogP) is 5.85. The number of fused-ring (bicyclic) bond motifs is 4. The van der Waals surface area contributed by atoms with E-state index in [2.05, 4.69) is 80.5 Å². The number of nitrogens with zero attached hydrogens (tertiary/aromatic N) is 5. The average Bonchev–Trinajstić information content (AvgIpc) is 3.46. The van der Waals surface area contributed by atoms with Gasteiger partial charge in [-0.1, -0.05) is 20.8 Å². The molecule has 1 amide bonds. The van der Waals surface area contributed by atoms with Crippen molar-refractivity contribution in [3.05, 3.63) is 45.9 Å². The molecule has 5 rings (SSSR count). The zero-order valence-corrected chi connectivity index (χ0v) is 23.2. The topological polar surface area (TPSA) is 87.5 Å². The van der Waals surface area contributed by atoms with Gasteiger partial charge in [-0.25, -0.2) is 4.98 Å². The third-order valence-corrected chi connectivity index (χ3v) is 6.93. The first-order chi connectivity index (χ1) is 17.3. The van der Waals surface area contributed by atoms with Gasteiger partial charge in [-0.15, -0.1) is 21.5 Å². The van der Waals surface area contributed by atoms with Gasteiger partial charge in [0.25, 0.3) is 0 Å². The first-order valence-corrected chi connectivity index (χ1v) is 13.7. The number of hydrogen-bond acceptors (Lipinski definition) is 7. The fourth-order valence-electron chi connectivity index (χ4n) is 4.27. The summed E-state index contributed by atoms with van der Waals surface area (Å²) in [6.07, 6.45) is 2.93. The van der Waals surface area contributed by atoms with Crippen LogP contribution in [-0.4, -0.2) is 45.1 Å². The molecule has 0 spiro atoms. The zero-order valence-electron chi connectivity index (χ0n) is 22.4. The molecule has 37 heavy (non-hydrogen) atoms. The smallest absolute Gasteiger partial charge is 0.216 e. The van der Waals surface area contributed by atoms with Crippen LogP contribution < -0.4 is 15.5 Å². The van der Waals surface area contributed by atoms with Gasteiger partial charge in [-0.05, 0) is 67.3 Å². The Hall–Kier alpha value is -3.27. The predicted molar refractivity (Wildman–Crippen MR) is 156 cm³/mol. The van der Waals surface area contributed by atoms with E-state index in [1.807, 2.05) is 18.3 Å². The Balaban J connectivity index is 0.00000102. The normalized spacial score (nSPS) is 12.6. The average molecular weight is 532 g/mol. The molecule has 4 aromatic rings. The molecule has 0 atom stereocenters. The van der Waals surface area contributed by atoms with Gasteiger partial charge in [-0.2, -0.15) is 0 Å². The number of aryl methyl sites for hydroxylation is 1. The number of aromatic nitrogens is 4. The van der Waals surface area contributed by atoms with Crippen molar-refractivity contribution >= 4 is 45.4 Å². The Kier molecular flexibility index (Phi) is 9.79. The Morgan fingerprint density at radius 2 is 1.92 bits per heavy atom. The van der Waals surface area contributed by atoms with Crippen LogP contribution in [0.4, 0.5) is 16.2 Å². The van der Waals surface area contributed by atoms with E-state index in [1.54, 1.807) is 6.92 Å². The van der Waals surface area contributed by atoms with Crippen LogP contribution in [0.5, 0.6) is 0 Å². The highest BCUT2D eigenvalue weighted by Gasteiger charge is 2.19. The third kappa shape index (κ3) is 6.94. The van der Waals surface area contributed by atoms with E-state index in [0.29, 0.717) is 6.54 Å². The van der Waals surface area contributed by atoms with Gasteiger partial charge in [0.2, 0.25) is 11.6 Å². The lowest BCUT2D eigenvalue weighted by Gasteiger charge is -2.29. The molecule has 0 bridgehead atoms. The maximum atomic E-state index is 11.0. The Bertz CT molecular complexity index is 1340. The molecule has 0 saturated heterocycles. The number of nitrogens with one attached hydrogen (secondary N) is 2. The van der Waals surface area contributed by atoms with Crippen molar-refractivity contribution in [1.29, 1.82) is 0 Å². The monoisotopic (exact) mass is 531 g/mol. The summed E-state index contributed by atoms with van der Waals surface area (Å²) in [4.78, 5) is 19.9. The van der Waals surface area contributed by atoms with E-state index in [1.165, 1.54) is 16.1 Å². The van der Waals surface area contributed by atoms with E-state index in [-0.39, 0.29) is 13.5 Å². The third-order valence-electron chi connectivity index (χ3n) is 5.91. The number of thiophene rings is 1. The van der Waals surface area contributed by atoms with Crippen molar-refractivity contribution in [3.63, 3.8) is 0 Å². The van der Waals surface area contributed by atoms with Crippen molar-refractivity contribution in [2.75, 3.05) is 29.9 Å².